The first-order valence-corrected chi connectivity index (χ1v) is 9.23. The average molecular weight is 352 g/mol. The predicted octanol–water partition coefficient (Wildman–Crippen LogP) is 4.80. The lowest BCUT2D eigenvalue weighted by Gasteiger charge is -2.23. The van der Waals surface area contributed by atoms with Gasteiger partial charge in [-0.05, 0) is 66.8 Å². The molecule has 4 rings (SSSR count). The molecule has 0 fully saturated rings. The summed E-state index contributed by atoms with van der Waals surface area (Å²) < 4.78 is 5.52. The normalized spacial score (nSPS) is 15.2. The highest BCUT2D eigenvalue weighted by Gasteiger charge is 2.26. The van der Waals surface area contributed by atoms with Crippen LogP contribution < -0.4 is 4.74 Å². The summed E-state index contributed by atoms with van der Waals surface area (Å²) in [5.74, 6) is 6.82. The Bertz CT molecular complexity index is 995. The first-order chi connectivity index (χ1) is 13.3. The zero-order chi connectivity index (χ0) is 18.5. The van der Waals surface area contributed by atoms with E-state index in [4.69, 9.17) is 4.74 Å². The van der Waals surface area contributed by atoms with Crippen LogP contribution in [0, 0.1) is 17.8 Å². The SMILES string of the molecule is O=C(Oc1ccccc1)C1CCc2cc(C#Cc3ccccc3)ccc2C1. The molecule has 1 aliphatic carbocycles. The molecule has 0 N–H and O–H groups in total. The number of aryl methyl sites for hydroxylation is 1. The van der Waals surface area contributed by atoms with Crippen molar-refractivity contribution in [3.05, 3.63) is 101 Å². The molecule has 2 nitrogen and oxygen atoms in total. The summed E-state index contributed by atoms with van der Waals surface area (Å²) in [6, 6.07) is 25.6. The number of rotatable bonds is 2. The van der Waals surface area contributed by atoms with Gasteiger partial charge in [-0.1, -0.05) is 54.3 Å². The third kappa shape index (κ3) is 4.27. The zero-order valence-corrected chi connectivity index (χ0v) is 15.0. The quantitative estimate of drug-likeness (QED) is 0.376. The van der Waals surface area contributed by atoms with E-state index in [9.17, 15) is 4.79 Å². The van der Waals surface area contributed by atoms with Crippen molar-refractivity contribution in [2.24, 2.45) is 5.92 Å². The van der Waals surface area contributed by atoms with E-state index in [1.54, 1.807) is 0 Å². The fourth-order valence-corrected chi connectivity index (χ4v) is 3.39. The third-order valence-electron chi connectivity index (χ3n) is 4.85. The number of benzene rings is 3. The maximum absolute atomic E-state index is 12.5. The topological polar surface area (TPSA) is 26.3 Å². The minimum Gasteiger partial charge on any atom is -0.426 e. The Hall–Kier alpha value is -3.31. The second-order valence-electron chi connectivity index (χ2n) is 6.77. The molecular weight excluding hydrogens is 332 g/mol. The summed E-state index contributed by atoms with van der Waals surface area (Å²) in [5, 5.41) is 0. The van der Waals surface area contributed by atoms with Crippen LogP contribution in [0.25, 0.3) is 0 Å². The first-order valence-electron chi connectivity index (χ1n) is 9.23. The number of fused-ring (bicyclic) bond motifs is 1. The maximum atomic E-state index is 12.5. The molecule has 3 aromatic carbocycles. The Morgan fingerprint density at radius 1 is 0.815 bits per heavy atom. The number of hydrogen-bond acceptors (Lipinski definition) is 2. The van der Waals surface area contributed by atoms with Crippen molar-refractivity contribution in [1.82, 2.24) is 0 Å². The van der Waals surface area contributed by atoms with E-state index in [1.165, 1.54) is 11.1 Å². The van der Waals surface area contributed by atoms with E-state index < -0.39 is 0 Å². The number of carbonyl (C=O) groups is 1. The molecule has 132 valence electrons. The lowest BCUT2D eigenvalue weighted by atomic mass is 9.83. The molecule has 0 aromatic heterocycles. The highest BCUT2D eigenvalue weighted by molar-refractivity contribution is 5.76. The molecule has 0 amide bonds. The molecule has 0 aliphatic heterocycles. The molecule has 0 saturated heterocycles. The highest BCUT2D eigenvalue weighted by atomic mass is 16.5. The van der Waals surface area contributed by atoms with Crippen molar-refractivity contribution in [3.63, 3.8) is 0 Å². The smallest absolute Gasteiger partial charge is 0.314 e. The van der Waals surface area contributed by atoms with Gasteiger partial charge in [0, 0.05) is 11.1 Å². The van der Waals surface area contributed by atoms with Gasteiger partial charge in [-0.3, -0.25) is 4.79 Å². The number of ether oxygens (including phenoxy) is 1. The molecule has 0 radical (unpaired) electrons. The zero-order valence-electron chi connectivity index (χ0n) is 15.0. The van der Waals surface area contributed by atoms with Crippen molar-refractivity contribution >= 4 is 5.97 Å². The summed E-state index contributed by atoms with van der Waals surface area (Å²) in [6.45, 7) is 0. The van der Waals surface area contributed by atoms with Gasteiger partial charge in [-0.25, -0.2) is 0 Å². The molecule has 0 heterocycles. The Kier molecular flexibility index (Phi) is 5.03. The van der Waals surface area contributed by atoms with Gasteiger partial charge in [0.2, 0.25) is 0 Å². The van der Waals surface area contributed by atoms with Crippen LogP contribution in [0.15, 0.2) is 78.9 Å². The molecule has 1 aliphatic rings. The fourth-order valence-electron chi connectivity index (χ4n) is 3.39. The standard InChI is InChI=1S/C25H20O2/c26-25(27-24-9-5-2-6-10-24)23-16-15-21-17-20(13-14-22(21)18-23)12-11-19-7-3-1-4-8-19/h1-10,13-14,17,23H,15-16,18H2. The Morgan fingerprint density at radius 3 is 2.30 bits per heavy atom. The minimum absolute atomic E-state index is 0.0843. The lowest BCUT2D eigenvalue weighted by Crippen LogP contribution is -2.26. The summed E-state index contributed by atoms with van der Waals surface area (Å²) in [4.78, 5) is 12.5. The average Bonchev–Trinajstić information content (AvgIpc) is 2.73. The van der Waals surface area contributed by atoms with Crippen LogP contribution in [0.4, 0.5) is 0 Å². The van der Waals surface area contributed by atoms with Crippen LogP contribution in [-0.4, -0.2) is 5.97 Å². The van der Waals surface area contributed by atoms with Crippen molar-refractivity contribution < 1.29 is 9.53 Å². The van der Waals surface area contributed by atoms with Gasteiger partial charge in [0.05, 0.1) is 5.92 Å². The van der Waals surface area contributed by atoms with Crippen molar-refractivity contribution in [2.75, 3.05) is 0 Å². The summed E-state index contributed by atoms with van der Waals surface area (Å²) >= 11 is 0. The second kappa shape index (κ2) is 7.93. The van der Waals surface area contributed by atoms with E-state index in [2.05, 4.69) is 24.0 Å². The molecule has 3 aromatic rings. The van der Waals surface area contributed by atoms with E-state index >= 15 is 0 Å². The molecule has 1 unspecified atom stereocenters. The third-order valence-corrected chi connectivity index (χ3v) is 4.85. The monoisotopic (exact) mass is 352 g/mol. The number of hydrogen-bond donors (Lipinski definition) is 0. The lowest BCUT2D eigenvalue weighted by molar-refractivity contribution is -0.139. The maximum Gasteiger partial charge on any atom is 0.314 e. The van der Waals surface area contributed by atoms with Crippen molar-refractivity contribution in [2.45, 2.75) is 19.3 Å². The number of esters is 1. The molecular formula is C25H20O2. The van der Waals surface area contributed by atoms with Gasteiger partial charge in [-0.2, -0.15) is 0 Å². The van der Waals surface area contributed by atoms with Crippen molar-refractivity contribution in [3.8, 4) is 17.6 Å². The van der Waals surface area contributed by atoms with Crippen molar-refractivity contribution in [1.29, 1.82) is 0 Å². The Balaban J connectivity index is 1.45. The van der Waals surface area contributed by atoms with Gasteiger partial charge in [0.25, 0.3) is 0 Å². The minimum atomic E-state index is -0.139. The van der Waals surface area contributed by atoms with Crippen LogP contribution in [0.3, 0.4) is 0 Å². The van der Waals surface area contributed by atoms with E-state index in [0.29, 0.717) is 5.75 Å². The van der Waals surface area contributed by atoms with Gasteiger partial charge in [0.15, 0.2) is 0 Å². The van der Waals surface area contributed by atoms with E-state index in [0.717, 1.165) is 30.4 Å². The van der Waals surface area contributed by atoms with Crippen LogP contribution in [-0.2, 0) is 17.6 Å². The summed E-state index contributed by atoms with van der Waals surface area (Å²) in [5.41, 5.74) is 4.54. The number of carbonyl (C=O) groups excluding carboxylic acids is 1. The summed E-state index contributed by atoms with van der Waals surface area (Å²) in [6.07, 6.45) is 2.42. The predicted molar refractivity (Wildman–Crippen MR) is 106 cm³/mol. The first kappa shape index (κ1) is 17.1. The van der Waals surface area contributed by atoms with Crippen LogP contribution in [0.1, 0.15) is 28.7 Å². The summed E-state index contributed by atoms with van der Waals surface area (Å²) in [7, 11) is 0. The van der Waals surface area contributed by atoms with E-state index in [-0.39, 0.29) is 11.9 Å². The largest absolute Gasteiger partial charge is 0.426 e. The van der Waals surface area contributed by atoms with Gasteiger partial charge >= 0.3 is 5.97 Å². The molecule has 0 saturated carbocycles. The molecule has 27 heavy (non-hydrogen) atoms. The van der Waals surface area contributed by atoms with Crippen LogP contribution >= 0.6 is 0 Å². The number of para-hydroxylation sites is 1. The van der Waals surface area contributed by atoms with Gasteiger partial charge in [-0.15, -0.1) is 0 Å². The van der Waals surface area contributed by atoms with Crippen LogP contribution in [0.2, 0.25) is 0 Å². The van der Waals surface area contributed by atoms with Gasteiger partial charge < -0.3 is 4.74 Å². The van der Waals surface area contributed by atoms with Crippen LogP contribution in [0.5, 0.6) is 5.75 Å². The molecule has 0 spiro atoms. The molecule has 1 atom stereocenters. The van der Waals surface area contributed by atoms with E-state index in [1.807, 2.05) is 66.7 Å². The fraction of sp³-hybridized carbons (Fsp3) is 0.160. The molecule has 2 heteroatoms. The highest BCUT2D eigenvalue weighted by Crippen LogP contribution is 2.27. The van der Waals surface area contributed by atoms with Gasteiger partial charge in [0.1, 0.15) is 5.75 Å². The molecule has 0 bridgehead atoms. The Morgan fingerprint density at radius 2 is 1.52 bits per heavy atom. The Labute approximate surface area is 159 Å². The second-order valence-corrected chi connectivity index (χ2v) is 6.77.